The van der Waals surface area contributed by atoms with E-state index < -0.39 is 5.91 Å². The van der Waals surface area contributed by atoms with E-state index in [1.807, 2.05) is 24.3 Å². The van der Waals surface area contributed by atoms with Crippen molar-refractivity contribution in [2.24, 2.45) is 5.10 Å². The molecule has 1 amide bonds. The van der Waals surface area contributed by atoms with E-state index in [0.29, 0.717) is 22.0 Å². The van der Waals surface area contributed by atoms with E-state index in [4.69, 9.17) is 16.3 Å². The van der Waals surface area contributed by atoms with Gasteiger partial charge in [0.25, 0.3) is 5.91 Å². The average molecular weight is 360 g/mol. The number of hydrogen-bond acceptors (Lipinski definition) is 5. The topological polar surface area (TPSA) is 63.6 Å². The number of hydrazone groups is 1. The van der Waals surface area contributed by atoms with Gasteiger partial charge >= 0.3 is 0 Å². The van der Waals surface area contributed by atoms with Crippen LogP contribution in [0.1, 0.15) is 22.3 Å². The Labute approximate surface area is 147 Å². The molecule has 0 aliphatic heterocycles. The molecule has 3 rings (SSSR count). The Kier molecular flexibility index (Phi) is 4.78. The fourth-order valence-corrected chi connectivity index (χ4v) is 3.21. The average Bonchev–Trinajstić information content (AvgIpc) is 3.03. The smallest absolute Gasteiger partial charge is 0.275 e. The number of halogens is 1. The van der Waals surface area contributed by atoms with Crippen LogP contribution in [0.25, 0.3) is 10.2 Å². The Morgan fingerprint density at radius 1 is 1.29 bits per heavy atom. The molecule has 24 heavy (non-hydrogen) atoms. The number of rotatable bonds is 4. The fraction of sp³-hybridized carbons (Fsp3) is 0.118. The van der Waals surface area contributed by atoms with Crippen molar-refractivity contribution in [3.8, 4) is 5.75 Å². The first kappa shape index (κ1) is 16.4. The zero-order chi connectivity index (χ0) is 17.1. The van der Waals surface area contributed by atoms with Crippen molar-refractivity contribution < 1.29 is 9.53 Å². The van der Waals surface area contributed by atoms with Gasteiger partial charge in [-0.25, -0.2) is 10.4 Å². The summed E-state index contributed by atoms with van der Waals surface area (Å²) in [5.41, 5.74) is 4.39. The zero-order valence-corrected chi connectivity index (χ0v) is 14.6. The maximum Gasteiger partial charge on any atom is 0.275 e. The molecule has 0 aliphatic rings. The van der Waals surface area contributed by atoms with Gasteiger partial charge in [-0.05, 0) is 37.3 Å². The number of aromatic nitrogens is 1. The van der Waals surface area contributed by atoms with E-state index in [-0.39, 0.29) is 0 Å². The van der Waals surface area contributed by atoms with E-state index in [1.165, 1.54) is 24.5 Å². The first-order chi connectivity index (χ1) is 11.6. The molecular weight excluding hydrogens is 346 g/mol. The van der Waals surface area contributed by atoms with Crippen LogP contribution in [0.3, 0.4) is 0 Å². The van der Waals surface area contributed by atoms with E-state index in [9.17, 15) is 4.79 Å². The first-order valence-corrected chi connectivity index (χ1v) is 8.32. The Morgan fingerprint density at radius 2 is 2.08 bits per heavy atom. The summed E-state index contributed by atoms with van der Waals surface area (Å²) in [7, 11) is 1.50. The lowest BCUT2D eigenvalue weighted by atomic mass is 10.2. The third kappa shape index (κ3) is 3.39. The molecule has 1 aromatic heterocycles. The number of methoxy groups -OCH3 is 1. The lowest BCUT2D eigenvalue weighted by Gasteiger charge is -2.07. The fourth-order valence-electron chi connectivity index (χ4n) is 2.13. The summed E-state index contributed by atoms with van der Waals surface area (Å²) in [6.45, 7) is 1.80. The van der Waals surface area contributed by atoms with Crippen LogP contribution in [0.15, 0.2) is 47.6 Å². The van der Waals surface area contributed by atoms with Crippen LogP contribution in [0.2, 0.25) is 5.02 Å². The Hall–Kier alpha value is -2.44. The summed E-state index contributed by atoms with van der Waals surface area (Å²) in [4.78, 5) is 16.8. The van der Waals surface area contributed by atoms with Gasteiger partial charge in [-0.2, -0.15) is 5.10 Å². The second-order valence-electron chi connectivity index (χ2n) is 4.97. The second-order valence-corrected chi connectivity index (χ2v) is 6.44. The summed E-state index contributed by atoms with van der Waals surface area (Å²) in [5.74, 6) is 0.0413. The molecule has 0 radical (unpaired) electrons. The summed E-state index contributed by atoms with van der Waals surface area (Å²) in [6.07, 6.45) is 0. The van der Waals surface area contributed by atoms with Gasteiger partial charge in [-0.3, -0.25) is 4.79 Å². The molecule has 7 heteroatoms. The summed E-state index contributed by atoms with van der Waals surface area (Å²) >= 11 is 7.47. The van der Waals surface area contributed by atoms with Crippen LogP contribution in [-0.2, 0) is 0 Å². The molecule has 0 atom stereocenters. The number of benzene rings is 2. The largest absolute Gasteiger partial charge is 0.496 e. The van der Waals surface area contributed by atoms with E-state index in [1.54, 1.807) is 19.1 Å². The molecule has 1 heterocycles. The quantitative estimate of drug-likeness (QED) is 0.563. The van der Waals surface area contributed by atoms with Gasteiger partial charge in [0.2, 0.25) is 0 Å². The standard InChI is InChI=1S/C17H14ClN3O2S/c1-10(17-19-13-5-3-4-6-15(13)24-17)20-21-16(22)12-9-11(18)7-8-14(12)23-2/h3-9H,1-2H3,(H,21,22). The van der Waals surface area contributed by atoms with Crippen LogP contribution >= 0.6 is 22.9 Å². The van der Waals surface area contributed by atoms with Crippen molar-refractivity contribution in [1.82, 2.24) is 10.4 Å². The van der Waals surface area contributed by atoms with Gasteiger partial charge in [0, 0.05) is 5.02 Å². The highest BCUT2D eigenvalue weighted by molar-refractivity contribution is 7.20. The monoisotopic (exact) mass is 359 g/mol. The molecule has 0 unspecified atom stereocenters. The molecule has 0 aliphatic carbocycles. The van der Waals surface area contributed by atoms with Gasteiger partial charge in [0.1, 0.15) is 10.8 Å². The predicted molar refractivity (Wildman–Crippen MR) is 97.3 cm³/mol. The van der Waals surface area contributed by atoms with Crippen LogP contribution in [0.4, 0.5) is 0 Å². The van der Waals surface area contributed by atoms with E-state index in [2.05, 4.69) is 15.5 Å². The summed E-state index contributed by atoms with van der Waals surface area (Å²) < 4.78 is 6.25. The van der Waals surface area contributed by atoms with Crippen molar-refractivity contribution in [2.75, 3.05) is 7.11 Å². The maximum absolute atomic E-state index is 12.3. The van der Waals surface area contributed by atoms with Crippen molar-refractivity contribution >= 4 is 44.8 Å². The highest BCUT2D eigenvalue weighted by Gasteiger charge is 2.13. The Balaban J connectivity index is 1.82. The number of ether oxygens (including phenoxy) is 1. The van der Waals surface area contributed by atoms with Gasteiger partial charge < -0.3 is 4.74 Å². The predicted octanol–water partition coefficient (Wildman–Crippen LogP) is 4.11. The van der Waals surface area contributed by atoms with E-state index in [0.717, 1.165) is 15.2 Å². The number of hydrogen-bond donors (Lipinski definition) is 1. The summed E-state index contributed by atoms with van der Waals surface area (Å²) in [6, 6.07) is 12.7. The van der Waals surface area contributed by atoms with Gasteiger partial charge in [0.15, 0.2) is 0 Å². The van der Waals surface area contributed by atoms with Crippen molar-refractivity contribution in [2.45, 2.75) is 6.92 Å². The minimum absolute atomic E-state index is 0.325. The molecule has 3 aromatic rings. The molecule has 0 bridgehead atoms. The minimum atomic E-state index is -0.394. The summed E-state index contributed by atoms with van der Waals surface area (Å²) in [5, 5.41) is 5.35. The Bertz CT molecular complexity index is 903. The number of carbonyl (C=O) groups excluding carboxylic acids is 1. The minimum Gasteiger partial charge on any atom is -0.496 e. The van der Waals surface area contributed by atoms with Gasteiger partial charge in [-0.15, -0.1) is 11.3 Å². The number of thiazole rings is 1. The molecule has 2 aromatic carbocycles. The van der Waals surface area contributed by atoms with Crippen molar-refractivity contribution in [3.05, 3.63) is 58.1 Å². The lowest BCUT2D eigenvalue weighted by molar-refractivity contribution is 0.0952. The number of fused-ring (bicyclic) bond motifs is 1. The van der Waals surface area contributed by atoms with Crippen LogP contribution in [0.5, 0.6) is 5.75 Å². The zero-order valence-electron chi connectivity index (χ0n) is 13.0. The van der Waals surface area contributed by atoms with E-state index >= 15 is 0 Å². The highest BCUT2D eigenvalue weighted by atomic mass is 35.5. The van der Waals surface area contributed by atoms with Crippen LogP contribution in [-0.4, -0.2) is 23.7 Å². The maximum atomic E-state index is 12.3. The second kappa shape index (κ2) is 6.98. The number of nitrogens with zero attached hydrogens (tertiary/aromatic N) is 2. The third-order valence-electron chi connectivity index (χ3n) is 3.33. The number of nitrogens with one attached hydrogen (secondary N) is 1. The molecular formula is C17H14ClN3O2S. The van der Waals surface area contributed by atoms with Crippen LogP contribution < -0.4 is 10.2 Å². The normalized spacial score (nSPS) is 11.5. The molecule has 0 saturated heterocycles. The number of para-hydroxylation sites is 1. The SMILES string of the molecule is COc1ccc(Cl)cc1C(=O)NN=C(C)c1nc2ccccc2s1. The van der Waals surface area contributed by atoms with Gasteiger partial charge in [-0.1, -0.05) is 23.7 Å². The number of carbonyl (C=O) groups is 1. The molecule has 122 valence electrons. The number of amides is 1. The molecule has 1 N–H and O–H groups in total. The molecule has 0 spiro atoms. The first-order valence-electron chi connectivity index (χ1n) is 7.12. The lowest BCUT2D eigenvalue weighted by Crippen LogP contribution is -2.20. The van der Waals surface area contributed by atoms with Gasteiger partial charge in [0.05, 0.1) is 28.6 Å². The van der Waals surface area contributed by atoms with Crippen molar-refractivity contribution in [3.63, 3.8) is 0 Å². The highest BCUT2D eigenvalue weighted by Crippen LogP contribution is 2.23. The molecule has 0 fully saturated rings. The molecule has 5 nitrogen and oxygen atoms in total. The van der Waals surface area contributed by atoms with Crippen molar-refractivity contribution in [1.29, 1.82) is 0 Å². The Morgan fingerprint density at radius 3 is 2.83 bits per heavy atom. The van der Waals surface area contributed by atoms with Crippen LogP contribution in [0, 0.1) is 0 Å². The molecule has 0 saturated carbocycles. The third-order valence-corrected chi connectivity index (χ3v) is 4.71.